The van der Waals surface area contributed by atoms with Crippen LogP contribution < -0.4 is 4.74 Å². The number of hydrogen-bond acceptors (Lipinski definition) is 5. The molecule has 0 atom stereocenters. The van der Waals surface area contributed by atoms with Crippen LogP contribution >= 0.6 is 0 Å². The third kappa shape index (κ3) is 7.24. The first kappa shape index (κ1) is 23.0. The quantitative estimate of drug-likeness (QED) is 0.412. The topological polar surface area (TPSA) is 104 Å². The fourth-order valence-electron chi connectivity index (χ4n) is 3.49. The number of fused-ring (bicyclic) bond motifs is 2. The van der Waals surface area contributed by atoms with Crippen molar-refractivity contribution < 1.29 is 24.5 Å². The minimum atomic E-state index is -1.26. The number of pyridine rings is 1. The van der Waals surface area contributed by atoms with Crippen LogP contribution in [0.2, 0.25) is 0 Å². The molecule has 0 fully saturated rings. The maximum atomic E-state index is 9.55. The molecule has 8 heteroatoms. The number of carbonyl (C=O) groups is 2. The lowest BCUT2D eigenvalue weighted by Gasteiger charge is -2.28. The molecule has 0 radical (unpaired) electrons. The third-order valence-electron chi connectivity index (χ3n) is 5.04. The molecule has 0 bridgehead atoms. The molecule has 0 saturated heterocycles. The Hall–Kier alpha value is -3.65. The summed E-state index contributed by atoms with van der Waals surface area (Å²) in [6.07, 6.45) is 6.45. The van der Waals surface area contributed by atoms with Gasteiger partial charge in [0.25, 0.3) is 0 Å². The number of carboxylic acid groups (broad SMARTS) is 2. The standard InChI is InChI=1S/C20H23N3O.C4H4O4/c1-2-8-18-16-22(13-10-17(18)7-1)11-5-6-14-24-20-15-19-9-3-4-12-23(19)21-20;5-3(6)1-2-4(7)8/h1-4,7-9,12,15H,5-6,10-11,13-14,16H2;1-2H,(H,5,6)(H,7,8)/b;2-1-. The Morgan fingerprint density at radius 1 is 1.00 bits per heavy atom. The zero-order chi connectivity index (χ0) is 22.8. The Balaban J connectivity index is 0.000000312. The van der Waals surface area contributed by atoms with Crippen molar-refractivity contribution in [2.24, 2.45) is 0 Å². The van der Waals surface area contributed by atoms with Crippen LogP contribution in [-0.4, -0.2) is 56.4 Å². The van der Waals surface area contributed by atoms with Gasteiger partial charge in [0, 0.05) is 37.5 Å². The lowest BCUT2D eigenvalue weighted by Crippen LogP contribution is -2.31. The van der Waals surface area contributed by atoms with E-state index in [-0.39, 0.29) is 0 Å². The monoisotopic (exact) mass is 437 g/mol. The molecule has 0 unspecified atom stereocenters. The van der Waals surface area contributed by atoms with Gasteiger partial charge in [-0.05, 0) is 49.1 Å². The van der Waals surface area contributed by atoms with E-state index in [1.807, 2.05) is 35.0 Å². The van der Waals surface area contributed by atoms with E-state index in [1.54, 1.807) is 0 Å². The van der Waals surface area contributed by atoms with E-state index in [2.05, 4.69) is 34.3 Å². The minimum Gasteiger partial charge on any atom is -0.478 e. The van der Waals surface area contributed by atoms with Crippen molar-refractivity contribution in [3.8, 4) is 5.88 Å². The van der Waals surface area contributed by atoms with Gasteiger partial charge in [-0.1, -0.05) is 30.3 Å². The van der Waals surface area contributed by atoms with Crippen LogP contribution in [-0.2, 0) is 22.6 Å². The lowest BCUT2D eigenvalue weighted by molar-refractivity contribution is -0.134. The Morgan fingerprint density at radius 3 is 2.44 bits per heavy atom. The Bertz CT molecular complexity index is 1030. The van der Waals surface area contributed by atoms with Crippen molar-refractivity contribution in [2.75, 3.05) is 19.7 Å². The van der Waals surface area contributed by atoms with E-state index in [9.17, 15) is 9.59 Å². The van der Waals surface area contributed by atoms with E-state index < -0.39 is 11.9 Å². The minimum absolute atomic E-state index is 0.558. The highest BCUT2D eigenvalue weighted by Crippen LogP contribution is 2.19. The molecule has 0 amide bonds. The lowest BCUT2D eigenvalue weighted by atomic mass is 10.00. The molecule has 1 aromatic carbocycles. The van der Waals surface area contributed by atoms with Crippen molar-refractivity contribution in [3.63, 3.8) is 0 Å². The van der Waals surface area contributed by atoms with E-state index in [1.165, 1.54) is 24.1 Å². The molecule has 2 N–H and O–H groups in total. The normalized spacial score (nSPS) is 13.4. The predicted molar refractivity (Wildman–Crippen MR) is 120 cm³/mol. The molecule has 1 aliphatic rings. The van der Waals surface area contributed by atoms with E-state index in [0.717, 1.165) is 38.1 Å². The Morgan fingerprint density at radius 2 is 1.72 bits per heavy atom. The molecule has 8 nitrogen and oxygen atoms in total. The van der Waals surface area contributed by atoms with Crippen LogP contribution in [0.15, 0.2) is 66.9 Å². The summed E-state index contributed by atoms with van der Waals surface area (Å²) in [6, 6.07) is 16.8. The average molecular weight is 437 g/mol. The zero-order valence-electron chi connectivity index (χ0n) is 17.8. The molecule has 4 rings (SSSR count). The third-order valence-corrected chi connectivity index (χ3v) is 5.04. The van der Waals surface area contributed by atoms with Gasteiger partial charge in [0.2, 0.25) is 5.88 Å². The SMILES string of the molecule is O=C(O)/C=C\C(=O)O.c1ccc2c(c1)CCN(CCCCOc1cc3ccccn3n1)C2. The summed E-state index contributed by atoms with van der Waals surface area (Å²) in [5.74, 6) is -1.80. The fourth-order valence-corrected chi connectivity index (χ4v) is 3.49. The number of rotatable bonds is 8. The smallest absolute Gasteiger partial charge is 0.328 e. The van der Waals surface area contributed by atoms with Crippen LogP contribution in [0.25, 0.3) is 5.52 Å². The van der Waals surface area contributed by atoms with Gasteiger partial charge in [-0.25, -0.2) is 14.1 Å². The molecule has 0 saturated carbocycles. The number of benzene rings is 1. The molecule has 168 valence electrons. The molecule has 32 heavy (non-hydrogen) atoms. The molecule has 3 heterocycles. The summed E-state index contributed by atoms with van der Waals surface area (Å²) in [5.41, 5.74) is 4.08. The maximum Gasteiger partial charge on any atom is 0.328 e. The summed E-state index contributed by atoms with van der Waals surface area (Å²) in [4.78, 5) is 21.7. The van der Waals surface area contributed by atoms with Crippen LogP contribution in [0.4, 0.5) is 0 Å². The van der Waals surface area contributed by atoms with Gasteiger partial charge in [0.15, 0.2) is 0 Å². The summed E-state index contributed by atoms with van der Waals surface area (Å²) >= 11 is 0. The van der Waals surface area contributed by atoms with Gasteiger partial charge in [-0.3, -0.25) is 4.90 Å². The van der Waals surface area contributed by atoms with Crippen molar-refractivity contribution >= 4 is 17.5 Å². The van der Waals surface area contributed by atoms with Gasteiger partial charge < -0.3 is 14.9 Å². The summed E-state index contributed by atoms with van der Waals surface area (Å²) in [6.45, 7) is 4.13. The molecular weight excluding hydrogens is 410 g/mol. The molecular formula is C24H27N3O5. The molecule has 2 aromatic heterocycles. The first-order chi connectivity index (χ1) is 15.5. The van der Waals surface area contributed by atoms with Gasteiger partial charge in [0.05, 0.1) is 12.1 Å². The highest BCUT2D eigenvalue weighted by atomic mass is 16.5. The highest BCUT2D eigenvalue weighted by Gasteiger charge is 2.14. The number of ether oxygens (including phenoxy) is 1. The van der Waals surface area contributed by atoms with Crippen LogP contribution in [0.3, 0.4) is 0 Å². The summed E-state index contributed by atoms with van der Waals surface area (Å²) in [5, 5.41) is 20.0. The van der Waals surface area contributed by atoms with E-state index in [0.29, 0.717) is 18.0 Å². The molecule has 3 aromatic rings. The van der Waals surface area contributed by atoms with Gasteiger partial charge in [0.1, 0.15) is 0 Å². The van der Waals surface area contributed by atoms with Crippen molar-refractivity contribution in [1.29, 1.82) is 0 Å². The van der Waals surface area contributed by atoms with Crippen molar-refractivity contribution in [3.05, 3.63) is 78.0 Å². The summed E-state index contributed by atoms with van der Waals surface area (Å²) in [7, 11) is 0. The van der Waals surface area contributed by atoms with Crippen LogP contribution in [0, 0.1) is 0 Å². The Labute approximate surface area is 186 Å². The second-order valence-corrected chi connectivity index (χ2v) is 7.41. The number of carboxylic acids is 2. The predicted octanol–water partition coefficient (Wildman–Crippen LogP) is 3.26. The second-order valence-electron chi connectivity index (χ2n) is 7.41. The summed E-state index contributed by atoms with van der Waals surface area (Å²) < 4.78 is 7.63. The molecule has 0 spiro atoms. The van der Waals surface area contributed by atoms with Gasteiger partial charge in [-0.2, -0.15) is 0 Å². The average Bonchev–Trinajstić information content (AvgIpc) is 3.21. The van der Waals surface area contributed by atoms with Crippen molar-refractivity contribution in [1.82, 2.24) is 14.5 Å². The fraction of sp³-hybridized carbons (Fsp3) is 0.292. The highest BCUT2D eigenvalue weighted by molar-refractivity contribution is 5.89. The van der Waals surface area contributed by atoms with Gasteiger partial charge in [-0.15, -0.1) is 5.10 Å². The van der Waals surface area contributed by atoms with Crippen LogP contribution in [0.5, 0.6) is 5.88 Å². The Kier molecular flexibility index (Phi) is 8.39. The maximum absolute atomic E-state index is 9.55. The zero-order valence-corrected chi connectivity index (χ0v) is 17.8. The number of nitrogens with zero attached hydrogens (tertiary/aromatic N) is 3. The number of aromatic nitrogens is 2. The number of aliphatic carboxylic acids is 2. The van der Waals surface area contributed by atoms with Crippen LogP contribution in [0.1, 0.15) is 24.0 Å². The van der Waals surface area contributed by atoms with Gasteiger partial charge >= 0.3 is 11.9 Å². The molecule has 0 aliphatic carbocycles. The number of hydrogen-bond donors (Lipinski definition) is 2. The first-order valence-corrected chi connectivity index (χ1v) is 10.5. The first-order valence-electron chi connectivity index (χ1n) is 10.5. The number of unbranched alkanes of at least 4 members (excludes halogenated alkanes) is 1. The molecule has 1 aliphatic heterocycles. The largest absolute Gasteiger partial charge is 0.478 e. The van der Waals surface area contributed by atoms with Crippen molar-refractivity contribution in [2.45, 2.75) is 25.8 Å². The van der Waals surface area contributed by atoms with E-state index >= 15 is 0 Å². The van der Waals surface area contributed by atoms with E-state index in [4.69, 9.17) is 14.9 Å². The second kappa shape index (κ2) is 11.7.